The van der Waals surface area contributed by atoms with Crippen LogP contribution in [0.25, 0.3) is 4.96 Å². The SMILES string of the molecule is Cl.O=c1cc(CN2CCNCc3ccccc32)nc2sccn12. The Balaban J connectivity index is 0.00000156. The molecule has 0 bridgehead atoms. The summed E-state index contributed by atoms with van der Waals surface area (Å²) < 4.78 is 1.59. The lowest BCUT2D eigenvalue weighted by atomic mass is 10.1. The first-order chi connectivity index (χ1) is 10.8. The maximum absolute atomic E-state index is 12.1. The quantitative estimate of drug-likeness (QED) is 0.772. The number of anilines is 1. The topological polar surface area (TPSA) is 49.6 Å². The highest BCUT2D eigenvalue weighted by Gasteiger charge is 2.16. The van der Waals surface area contributed by atoms with E-state index in [2.05, 4.69) is 39.5 Å². The van der Waals surface area contributed by atoms with Crippen LogP contribution in [0.1, 0.15) is 11.3 Å². The van der Waals surface area contributed by atoms with Crippen LogP contribution in [0.3, 0.4) is 0 Å². The molecule has 0 unspecified atom stereocenters. The van der Waals surface area contributed by atoms with Gasteiger partial charge in [0.2, 0.25) is 0 Å². The molecule has 1 aliphatic heterocycles. The Hall–Kier alpha value is -1.89. The number of para-hydroxylation sites is 1. The monoisotopic (exact) mass is 348 g/mol. The summed E-state index contributed by atoms with van der Waals surface area (Å²) in [6.07, 6.45) is 1.77. The van der Waals surface area contributed by atoms with Crippen molar-refractivity contribution in [1.82, 2.24) is 14.7 Å². The molecule has 1 aliphatic rings. The molecular formula is C16H17ClN4OS. The molecule has 7 heteroatoms. The van der Waals surface area contributed by atoms with Crippen molar-refractivity contribution in [3.63, 3.8) is 0 Å². The van der Waals surface area contributed by atoms with E-state index in [9.17, 15) is 4.79 Å². The first-order valence-electron chi connectivity index (χ1n) is 7.30. The van der Waals surface area contributed by atoms with Crippen LogP contribution in [0.4, 0.5) is 5.69 Å². The lowest BCUT2D eigenvalue weighted by Crippen LogP contribution is -2.29. The largest absolute Gasteiger partial charge is 0.364 e. The van der Waals surface area contributed by atoms with E-state index in [0.29, 0.717) is 6.54 Å². The highest BCUT2D eigenvalue weighted by molar-refractivity contribution is 7.15. The van der Waals surface area contributed by atoms with Gasteiger partial charge in [-0.05, 0) is 11.6 Å². The van der Waals surface area contributed by atoms with Crippen LogP contribution in [-0.4, -0.2) is 22.5 Å². The van der Waals surface area contributed by atoms with Gasteiger partial charge < -0.3 is 10.2 Å². The van der Waals surface area contributed by atoms with Gasteiger partial charge in [-0.25, -0.2) is 4.98 Å². The zero-order chi connectivity index (χ0) is 14.9. The maximum Gasteiger partial charge on any atom is 0.258 e. The standard InChI is InChI=1S/C16H16N4OS.ClH/c21-15-9-13(18-16-20(15)7-8-22-16)11-19-6-5-17-10-12-3-1-2-4-14(12)19;/h1-4,7-9,17H,5-6,10-11H2;1H. The van der Waals surface area contributed by atoms with Crippen LogP contribution < -0.4 is 15.8 Å². The summed E-state index contributed by atoms with van der Waals surface area (Å²) >= 11 is 1.49. The van der Waals surface area contributed by atoms with Crippen LogP contribution in [0.2, 0.25) is 0 Å². The van der Waals surface area contributed by atoms with Crippen LogP contribution in [0.5, 0.6) is 0 Å². The molecule has 2 aromatic heterocycles. The van der Waals surface area contributed by atoms with Crippen molar-refractivity contribution in [2.75, 3.05) is 18.0 Å². The van der Waals surface area contributed by atoms with Gasteiger partial charge >= 0.3 is 0 Å². The van der Waals surface area contributed by atoms with Crippen molar-refractivity contribution >= 4 is 34.4 Å². The molecular weight excluding hydrogens is 332 g/mol. The van der Waals surface area contributed by atoms with E-state index < -0.39 is 0 Å². The van der Waals surface area contributed by atoms with Crippen molar-refractivity contribution in [2.24, 2.45) is 0 Å². The van der Waals surface area contributed by atoms with Crippen LogP contribution in [0.15, 0.2) is 46.7 Å². The fourth-order valence-electron chi connectivity index (χ4n) is 2.85. The highest BCUT2D eigenvalue weighted by Crippen LogP contribution is 2.23. The minimum Gasteiger partial charge on any atom is -0.364 e. The normalized spacial score (nSPS) is 14.2. The van der Waals surface area contributed by atoms with E-state index in [0.717, 1.165) is 30.3 Å². The number of nitrogens with one attached hydrogen (secondary N) is 1. The van der Waals surface area contributed by atoms with Gasteiger partial charge in [0.15, 0.2) is 4.96 Å². The highest BCUT2D eigenvalue weighted by atomic mass is 35.5. The van der Waals surface area contributed by atoms with Gasteiger partial charge in [-0.1, -0.05) is 18.2 Å². The van der Waals surface area contributed by atoms with Crippen molar-refractivity contribution < 1.29 is 0 Å². The second-order valence-corrected chi connectivity index (χ2v) is 6.24. The molecule has 0 saturated heterocycles. The molecule has 0 fully saturated rings. The third-order valence-corrected chi connectivity index (χ3v) is 4.67. The van der Waals surface area contributed by atoms with Gasteiger partial charge in [0, 0.05) is 43.0 Å². The predicted molar refractivity (Wildman–Crippen MR) is 95.8 cm³/mol. The van der Waals surface area contributed by atoms with E-state index in [-0.39, 0.29) is 18.0 Å². The molecule has 120 valence electrons. The van der Waals surface area contributed by atoms with Crippen molar-refractivity contribution in [1.29, 1.82) is 0 Å². The van der Waals surface area contributed by atoms with Crippen LogP contribution in [0, 0.1) is 0 Å². The van der Waals surface area contributed by atoms with Gasteiger partial charge in [0.25, 0.3) is 5.56 Å². The Morgan fingerprint density at radius 3 is 3.09 bits per heavy atom. The smallest absolute Gasteiger partial charge is 0.258 e. The number of nitrogens with zero attached hydrogens (tertiary/aromatic N) is 3. The molecule has 23 heavy (non-hydrogen) atoms. The van der Waals surface area contributed by atoms with Crippen molar-refractivity contribution in [3.05, 3.63) is 63.5 Å². The molecule has 1 N–H and O–H groups in total. The summed E-state index contributed by atoms with van der Waals surface area (Å²) in [5.41, 5.74) is 3.32. The van der Waals surface area contributed by atoms with E-state index in [1.165, 1.54) is 22.6 Å². The number of halogens is 1. The Bertz CT molecular complexity index is 876. The average molecular weight is 349 g/mol. The average Bonchev–Trinajstić information content (AvgIpc) is 2.91. The molecule has 0 atom stereocenters. The molecule has 0 amide bonds. The summed E-state index contributed by atoms with van der Waals surface area (Å²) in [5, 5.41) is 5.32. The van der Waals surface area contributed by atoms with Crippen LogP contribution in [-0.2, 0) is 13.1 Å². The van der Waals surface area contributed by atoms with E-state index >= 15 is 0 Å². The molecule has 0 aliphatic carbocycles. The van der Waals surface area contributed by atoms with Gasteiger partial charge in [-0.15, -0.1) is 23.7 Å². The van der Waals surface area contributed by atoms with Gasteiger partial charge in [-0.2, -0.15) is 0 Å². The molecule has 3 heterocycles. The molecule has 5 nitrogen and oxygen atoms in total. The number of hydrogen-bond acceptors (Lipinski definition) is 5. The van der Waals surface area contributed by atoms with Gasteiger partial charge in [0.05, 0.1) is 12.2 Å². The summed E-state index contributed by atoms with van der Waals surface area (Å²) in [5.74, 6) is 0. The molecule has 3 aromatic rings. The van der Waals surface area contributed by atoms with Gasteiger partial charge in [0.1, 0.15) is 0 Å². The fourth-order valence-corrected chi connectivity index (χ4v) is 3.59. The maximum atomic E-state index is 12.1. The third kappa shape index (κ3) is 3.10. The number of rotatable bonds is 2. The summed E-state index contributed by atoms with van der Waals surface area (Å²) in [6.45, 7) is 3.37. The zero-order valence-corrected chi connectivity index (χ0v) is 14.1. The molecule has 0 saturated carbocycles. The Labute approximate surface area is 144 Å². The fraction of sp³-hybridized carbons (Fsp3) is 0.250. The minimum absolute atomic E-state index is 0. The zero-order valence-electron chi connectivity index (χ0n) is 12.4. The summed E-state index contributed by atoms with van der Waals surface area (Å²) in [4.78, 5) is 19.8. The van der Waals surface area contributed by atoms with Crippen LogP contribution >= 0.6 is 23.7 Å². The number of fused-ring (bicyclic) bond motifs is 2. The molecule has 0 radical (unpaired) electrons. The van der Waals surface area contributed by atoms with Crippen molar-refractivity contribution in [3.8, 4) is 0 Å². The Morgan fingerprint density at radius 2 is 2.17 bits per heavy atom. The second kappa shape index (κ2) is 6.70. The number of thiazole rings is 1. The Kier molecular flexibility index (Phi) is 4.66. The Morgan fingerprint density at radius 1 is 1.30 bits per heavy atom. The van der Waals surface area contributed by atoms with E-state index in [1.807, 2.05) is 5.38 Å². The van der Waals surface area contributed by atoms with Gasteiger partial charge in [-0.3, -0.25) is 9.20 Å². The number of benzene rings is 1. The molecule has 1 aromatic carbocycles. The minimum atomic E-state index is -0.0116. The first kappa shape index (κ1) is 16.0. The lowest BCUT2D eigenvalue weighted by Gasteiger charge is -2.24. The third-order valence-electron chi connectivity index (χ3n) is 3.92. The summed E-state index contributed by atoms with van der Waals surface area (Å²) in [6, 6.07) is 10.0. The first-order valence-corrected chi connectivity index (χ1v) is 8.18. The predicted octanol–water partition coefficient (Wildman–Crippen LogP) is 2.29. The second-order valence-electron chi connectivity index (χ2n) is 5.37. The van der Waals surface area contributed by atoms with Crippen molar-refractivity contribution in [2.45, 2.75) is 13.1 Å². The molecule has 4 rings (SSSR count). The summed E-state index contributed by atoms with van der Waals surface area (Å²) in [7, 11) is 0. The number of aromatic nitrogens is 2. The number of hydrogen-bond donors (Lipinski definition) is 1. The van der Waals surface area contributed by atoms with E-state index in [1.54, 1.807) is 16.7 Å². The van der Waals surface area contributed by atoms with E-state index in [4.69, 9.17) is 0 Å². The molecule has 0 spiro atoms. The lowest BCUT2D eigenvalue weighted by molar-refractivity contribution is 0.684.